The maximum Gasteiger partial charge on any atom is 0.216 e. The molecule has 0 unspecified atom stereocenters. The maximum absolute atomic E-state index is 6.53. The average molecular weight is 1050 g/mol. The fourth-order valence-electron chi connectivity index (χ4n) is 8.06. The van der Waals surface area contributed by atoms with Crippen molar-refractivity contribution < 1.29 is 24.5 Å². The summed E-state index contributed by atoms with van der Waals surface area (Å²) in [5.41, 5.74) is 13.6. The topological polar surface area (TPSA) is 69.6 Å². The van der Waals surface area contributed by atoms with Crippen LogP contribution in [0.15, 0.2) is 144 Å². The van der Waals surface area contributed by atoms with Crippen LogP contribution in [-0.4, -0.2) is 37.8 Å². The predicted octanol–water partition coefficient (Wildman–Crippen LogP) is 13.3. The average Bonchev–Trinajstić information content (AvgIpc) is 3.85. The molecule has 5 aromatic heterocycles. The molecule has 1 radical (unpaired) electrons. The van der Waals surface area contributed by atoms with Crippen LogP contribution in [0.5, 0.6) is 0 Å². The van der Waals surface area contributed by atoms with Crippen molar-refractivity contribution in [2.75, 3.05) is 0 Å². The standard InChI is InChI=1S/C38H29N4O.C16H20GeN.Ir/c1-23-13-14-26-17-21-31-34(33(26)39-23)42(27-18-15-25(16-19-27)24-9-6-5-7-10-24)36(40-31)30-12-8-11-28-29-20-22-32(38(2,3)4)41-37(29)43-35(28)30;1-5-13-11-16(14-9-7-6-8-10-14)18-12-15(13)17(2,3)4;/h5-11,13-22H,1-4H3;6-9,11-12H,5H2,1-4H3;/q2*-1;. The minimum Gasteiger partial charge on any atom is -0.486 e. The number of benzene rings is 5. The number of imidazole rings is 1. The zero-order valence-corrected chi connectivity index (χ0v) is 41.0. The normalized spacial score (nSPS) is 11.8. The molecule has 6 nitrogen and oxygen atoms in total. The molecule has 0 aliphatic heterocycles. The second-order valence-corrected chi connectivity index (χ2v) is 28.3. The van der Waals surface area contributed by atoms with E-state index in [9.17, 15) is 0 Å². The Bertz CT molecular complexity index is 3200. The van der Waals surface area contributed by atoms with Gasteiger partial charge in [0, 0.05) is 53.4 Å². The molecule has 311 valence electrons. The van der Waals surface area contributed by atoms with E-state index in [1.165, 1.54) is 15.5 Å². The SMILES string of the molecule is CCc1cc(-c2[c-]cccc2)nc[c]1[Ge]([CH3])([CH3])[CH3].Cc1ccc2ccc3nc(-c4[c-]ccc5c4oc4nc(C(C)(C)C)ccc45)n(-c4ccc(-c5ccccc5)cc4)c3c2n1.[Ir]. The number of rotatable bonds is 6. The third kappa shape index (κ3) is 8.29. The second kappa shape index (κ2) is 17.2. The van der Waals surface area contributed by atoms with Crippen LogP contribution in [0, 0.1) is 19.1 Å². The number of furan rings is 1. The summed E-state index contributed by atoms with van der Waals surface area (Å²) in [6.45, 7) is 10.7. The molecule has 0 spiro atoms. The van der Waals surface area contributed by atoms with Crippen LogP contribution in [0.25, 0.3) is 83.5 Å². The monoisotopic (exact) mass is 1050 g/mol. The summed E-state index contributed by atoms with van der Waals surface area (Å²) >= 11 is -1.80. The van der Waals surface area contributed by atoms with Gasteiger partial charge in [-0.05, 0) is 54.4 Å². The molecule has 0 saturated heterocycles. The number of hydrogen-bond donors (Lipinski definition) is 0. The van der Waals surface area contributed by atoms with E-state index in [0.29, 0.717) is 5.71 Å². The molecule has 10 aromatic rings. The van der Waals surface area contributed by atoms with Gasteiger partial charge in [-0.2, -0.15) is 0 Å². The van der Waals surface area contributed by atoms with Gasteiger partial charge < -0.3 is 8.98 Å². The fraction of sp³-hybridized carbons (Fsp3) is 0.185. The molecular formula is C54H49GeIrN5O-2. The first-order valence-corrected chi connectivity index (χ1v) is 28.4. The van der Waals surface area contributed by atoms with Crippen molar-refractivity contribution in [3.63, 3.8) is 0 Å². The molecule has 0 aliphatic carbocycles. The van der Waals surface area contributed by atoms with Crippen molar-refractivity contribution in [2.24, 2.45) is 0 Å². The number of pyridine rings is 3. The van der Waals surface area contributed by atoms with E-state index in [0.717, 1.165) is 90.0 Å². The summed E-state index contributed by atoms with van der Waals surface area (Å²) in [5.74, 6) is 8.01. The first-order chi connectivity index (χ1) is 29.4. The van der Waals surface area contributed by atoms with Crippen molar-refractivity contribution in [3.05, 3.63) is 169 Å². The minimum absolute atomic E-state index is 0. The Labute approximate surface area is 380 Å². The Kier molecular flexibility index (Phi) is 11.9. The first-order valence-electron chi connectivity index (χ1n) is 21.0. The van der Waals surface area contributed by atoms with Crippen LogP contribution in [0.4, 0.5) is 0 Å². The van der Waals surface area contributed by atoms with E-state index in [2.05, 4.69) is 164 Å². The zero-order valence-electron chi connectivity index (χ0n) is 36.5. The van der Waals surface area contributed by atoms with Gasteiger partial charge in [0.05, 0.1) is 28.0 Å². The van der Waals surface area contributed by atoms with E-state index in [4.69, 9.17) is 19.4 Å². The Hall–Kier alpha value is -5.73. The van der Waals surface area contributed by atoms with Crippen LogP contribution in [-0.2, 0) is 31.9 Å². The largest absolute Gasteiger partial charge is 0.486 e. The van der Waals surface area contributed by atoms with Gasteiger partial charge in [-0.15, -0.1) is 18.2 Å². The Morgan fingerprint density at radius 1 is 0.726 bits per heavy atom. The summed E-state index contributed by atoms with van der Waals surface area (Å²) in [4.78, 5) is 19.7. The molecule has 0 amide bonds. The van der Waals surface area contributed by atoms with Gasteiger partial charge >= 0.3 is 113 Å². The molecule has 0 N–H and O–H groups in total. The first kappa shape index (κ1) is 42.9. The van der Waals surface area contributed by atoms with Crippen LogP contribution in [0.2, 0.25) is 17.3 Å². The van der Waals surface area contributed by atoms with Gasteiger partial charge in [-0.25, -0.2) is 4.98 Å². The molecule has 0 bridgehead atoms. The number of aryl methyl sites for hydroxylation is 2. The van der Waals surface area contributed by atoms with E-state index < -0.39 is 13.3 Å². The number of hydrogen-bond acceptors (Lipinski definition) is 5. The van der Waals surface area contributed by atoms with E-state index in [1.807, 2.05) is 49.4 Å². The molecule has 0 fully saturated rings. The van der Waals surface area contributed by atoms with Crippen molar-refractivity contribution in [1.29, 1.82) is 0 Å². The minimum atomic E-state index is -1.80. The second-order valence-electron chi connectivity index (χ2n) is 17.7. The maximum atomic E-state index is 6.53. The molecule has 5 aromatic carbocycles. The number of nitrogens with zero attached hydrogens (tertiary/aromatic N) is 5. The molecule has 10 rings (SSSR count). The fourth-order valence-corrected chi connectivity index (χ4v) is 11.6. The Morgan fingerprint density at radius 2 is 1.47 bits per heavy atom. The van der Waals surface area contributed by atoms with Crippen molar-refractivity contribution in [3.8, 4) is 39.5 Å². The third-order valence-corrected chi connectivity index (χ3v) is 15.6. The molecular weight excluding hydrogens is 999 g/mol. The molecule has 62 heavy (non-hydrogen) atoms. The van der Waals surface area contributed by atoms with E-state index >= 15 is 0 Å². The quantitative estimate of drug-likeness (QED) is 0.123. The summed E-state index contributed by atoms with van der Waals surface area (Å²) in [6, 6.07) is 52.6. The summed E-state index contributed by atoms with van der Waals surface area (Å²) in [7, 11) is 0. The van der Waals surface area contributed by atoms with Crippen molar-refractivity contribution in [1.82, 2.24) is 24.5 Å². The van der Waals surface area contributed by atoms with Crippen LogP contribution < -0.4 is 4.40 Å². The third-order valence-electron chi connectivity index (χ3n) is 11.3. The summed E-state index contributed by atoms with van der Waals surface area (Å²) in [5, 5.41) is 3.04. The Morgan fingerprint density at radius 3 is 2.18 bits per heavy atom. The van der Waals surface area contributed by atoms with Crippen LogP contribution in [0.1, 0.15) is 44.6 Å². The van der Waals surface area contributed by atoms with Crippen LogP contribution >= 0.6 is 0 Å². The van der Waals surface area contributed by atoms with Gasteiger partial charge in [0.25, 0.3) is 0 Å². The predicted molar refractivity (Wildman–Crippen MR) is 255 cm³/mol. The van der Waals surface area contributed by atoms with Gasteiger partial charge in [0.15, 0.2) is 0 Å². The van der Waals surface area contributed by atoms with Crippen molar-refractivity contribution in [2.45, 2.75) is 63.7 Å². The molecule has 0 saturated carbocycles. The zero-order chi connectivity index (χ0) is 42.5. The molecule has 5 heterocycles. The van der Waals surface area contributed by atoms with E-state index in [1.54, 1.807) is 0 Å². The summed E-state index contributed by atoms with van der Waals surface area (Å²) in [6.07, 6.45) is 3.19. The smallest absolute Gasteiger partial charge is 0.216 e. The molecule has 0 aliphatic rings. The van der Waals surface area contributed by atoms with E-state index in [-0.39, 0.29) is 25.5 Å². The van der Waals surface area contributed by atoms with Crippen molar-refractivity contribution >= 4 is 61.7 Å². The Balaban J connectivity index is 0.000000235. The van der Waals surface area contributed by atoms with Gasteiger partial charge in [-0.1, -0.05) is 86.3 Å². The number of fused-ring (bicyclic) bond motifs is 6. The van der Waals surface area contributed by atoms with Crippen LogP contribution in [0.3, 0.4) is 0 Å². The van der Waals surface area contributed by atoms with Gasteiger partial charge in [0.1, 0.15) is 0 Å². The summed E-state index contributed by atoms with van der Waals surface area (Å²) < 4.78 is 10.3. The number of aromatic nitrogens is 5. The van der Waals surface area contributed by atoms with Gasteiger partial charge in [-0.3, -0.25) is 9.97 Å². The molecule has 0 atom stereocenters. The van der Waals surface area contributed by atoms with Gasteiger partial charge in [0.2, 0.25) is 5.71 Å². The molecule has 8 heteroatoms.